The van der Waals surface area contributed by atoms with Crippen LogP contribution < -0.4 is 0 Å². The predicted molar refractivity (Wildman–Crippen MR) is 32.4 cm³/mol. The normalized spacial score (nSPS) is 6.75. The zero-order valence-corrected chi connectivity index (χ0v) is 4.78. The van der Waals surface area contributed by atoms with Crippen molar-refractivity contribution in [3.8, 4) is 0 Å². The van der Waals surface area contributed by atoms with Gasteiger partial charge in [0.2, 0.25) is 0 Å². The van der Waals surface area contributed by atoms with E-state index in [0.29, 0.717) is 0 Å². The maximum Gasteiger partial charge on any atom is 0.0319 e. The third-order valence-corrected chi connectivity index (χ3v) is 0.566. The van der Waals surface area contributed by atoms with Crippen LogP contribution in [0.25, 0.3) is 0 Å². The van der Waals surface area contributed by atoms with Crippen molar-refractivity contribution in [2.45, 2.75) is 0 Å². The minimum atomic E-state index is 1.00. The molecule has 2 nitrogen and oxygen atoms in total. The van der Waals surface area contributed by atoms with E-state index in [-0.39, 0.29) is 0 Å². The first-order valence-electron chi connectivity index (χ1n) is 2.30. The molecule has 8 heavy (non-hydrogen) atoms. The number of hydrogen-bond acceptors (Lipinski definition) is 2. The van der Waals surface area contributed by atoms with Crippen molar-refractivity contribution in [2.24, 2.45) is 0 Å². The minimum absolute atomic E-state index is 1.00. The van der Waals surface area contributed by atoms with Gasteiger partial charge in [0, 0.05) is 19.5 Å². The second-order valence-electron chi connectivity index (χ2n) is 1.02. The third-order valence-electron chi connectivity index (χ3n) is 0.566. The van der Waals surface area contributed by atoms with Crippen LogP contribution in [0.5, 0.6) is 0 Å². The van der Waals surface area contributed by atoms with Gasteiger partial charge in [0.25, 0.3) is 0 Å². The number of hydrogen-bond donors (Lipinski definition) is 1. The van der Waals surface area contributed by atoms with Gasteiger partial charge in [-0.25, -0.2) is 0 Å². The van der Waals surface area contributed by atoms with Crippen LogP contribution in [-0.2, 0) is 0 Å². The summed E-state index contributed by atoms with van der Waals surface area (Å²) >= 11 is 0. The van der Waals surface area contributed by atoms with Crippen LogP contribution in [-0.4, -0.2) is 17.2 Å². The van der Waals surface area contributed by atoms with Gasteiger partial charge in [-0.1, -0.05) is 6.07 Å². The van der Waals surface area contributed by atoms with Crippen molar-refractivity contribution in [1.29, 1.82) is 0 Å². The zero-order chi connectivity index (χ0) is 6.24. The van der Waals surface area contributed by atoms with Crippen LogP contribution in [0.2, 0.25) is 0 Å². The molecule has 0 bridgehead atoms. The molecular formula is C6H9NO. The van der Waals surface area contributed by atoms with Gasteiger partial charge < -0.3 is 5.11 Å². The van der Waals surface area contributed by atoms with Crippen LogP contribution >= 0.6 is 0 Å². The summed E-state index contributed by atoms with van der Waals surface area (Å²) in [6.07, 6.45) is 3.50. The molecule has 0 aliphatic carbocycles. The number of pyridine rings is 1. The first-order chi connectivity index (χ1) is 4.00. The van der Waals surface area contributed by atoms with Gasteiger partial charge in [0.15, 0.2) is 0 Å². The van der Waals surface area contributed by atoms with E-state index in [1.165, 1.54) is 0 Å². The second kappa shape index (κ2) is 6.11. The van der Waals surface area contributed by atoms with Crippen molar-refractivity contribution in [3.05, 3.63) is 30.6 Å². The molecule has 2 heteroatoms. The van der Waals surface area contributed by atoms with Gasteiger partial charge in [-0.3, -0.25) is 4.98 Å². The average Bonchev–Trinajstić information content (AvgIpc) is 1.96. The summed E-state index contributed by atoms with van der Waals surface area (Å²) in [5.41, 5.74) is 0. The molecule has 0 radical (unpaired) electrons. The molecule has 1 rings (SSSR count). The monoisotopic (exact) mass is 111 g/mol. The van der Waals surface area contributed by atoms with E-state index in [0.717, 1.165) is 7.11 Å². The standard InChI is InChI=1S/C5H5N.CH4O/c1-2-4-6-5-3-1;1-2/h1-5H;2H,1H3. The van der Waals surface area contributed by atoms with Crippen LogP contribution in [0, 0.1) is 0 Å². The number of nitrogens with zero attached hydrogens (tertiary/aromatic N) is 1. The molecule has 0 atom stereocenters. The molecule has 0 aliphatic rings. The fourth-order valence-corrected chi connectivity index (χ4v) is 0.313. The topological polar surface area (TPSA) is 33.1 Å². The Kier molecular flexibility index (Phi) is 5.43. The number of aliphatic hydroxyl groups excluding tert-OH is 1. The number of aliphatic hydroxyl groups is 1. The van der Waals surface area contributed by atoms with Crippen LogP contribution in [0.15, 0.2) is 30.6 Å². The third kappa shape index (κ3) is 3.31. The van der Waals surface area contributed by atoms with Crippen LogP contribution in [0.3, 0.4) is 0 Å². The van der Waals surface area contributed by atoms with Crippen molar-refractivity contribution in [3.63, 3.8) is 0 Å². The molecule has 0 amide bonds. The molecule has 1 aromatic rings. The Balaban J connectivity index is 0.000000222. The summed E-state index contributed by atoms with van der Waals surface area (Å²) < 4.78 is 0. The smallest absolute Gasteiger partial charge is 0.0319 e. The Morgan fingerprint density at radius 2 is 1.50 bits per heavy atom. The first kappa shape index (κ1) is 7.11. The van der Waals surface area contributed by atoms with Gasteiger partial charge in [-0.2, -0.15) is 0 Å². The molecule has 1 N–H and O–H groups in total. The molecule has 0 aliphatic heterocycles. The summed E-state index contributed by atoms with van der Waals surface area (Å²) in [7, 11) is 1.00. The Labute approximate surface area is 48.8 Å². The summed E-state index contributed by atoms with van der Waals surface area (Å²) in [5, 5.41) is 7.00. The maximum absolute atomic E-state index is 7.00. The Hall–Kier alpha value is -0.890. The minimum Gasteiger partial charge on any atom is -0.400 e. The predicted octanol–water partition coefficient (Wildman–Crippen LogP) is 0.690. The van der Waals surface area contributed by atoms with Gasteiger partial charge in [-0.15, -0.1) is 0 Å². The molecule has 0 unspecified atom stereocenters. The van der Waals surface area contributed by atoms with E-state index in [1.54, 1.807) is 12.4 Å². The van der Waals surface area contributed by atoms with Crippen LogP contribution in [0.1, 0.15) is 0 Å². The molecule has 0 aromatic carbocycles. The highest BCUT2D eigenvalue weighted by Gasteiger charge is 1.58. The largest absolute Gasteiger partial charge is 0.400 e. The van der Waals surface area contributed by atoms with Crippen molar-refractivity contribution < 1.29 is 5.11 Å². The van der Waals surface area contributed by atoms with Gasteiger partial charge in [0.05, 0.1) is 0 Å². The second-order valence-corrected chi connectivity index (χ2v) is 1.02. The summed E-state index contributed by atoms with van der Waals surface area (Å²) in [6, 6.07) is 5.72. The fraction of sp³-hybridized carbons (Fsp3) is 0.167. The lowest BCUT2D eigenvalue weighted by Crippen LogP contribution is -1.58. The molecule has 0 spiro atoms. The molecule has 1 aromatic heterocycles. The van der Waals surface area contributed by atoms with E-state index in [4.69, 9.17) is 5.11 Å². The fourth-order valence-electron chi connectivity index (χ4n) is 0.313. The van der Waals surface area contributed by atoms with Crippen molar-refractivity contribution in [1.82, 2.24) is 4.98 Å². The molecule has 0 fully saturated rings. The molecule has 0 saturated carbocycles. The molecule has 1 heterocycles. The van der Waals surface area contributed by atoms with Crippen LogP contribution in [0.4, 0.5) is 0 Å². The van der Waals surface area contributed by atoms with Crippen molar-refractivity contribution >= 4 is 0 Å². The van der Waals surface area contributed by atoms with E-state index < -0.39 is 0 Å². The van der Waals surface area contributed by atoms with E-state index in [9.17, 15) is 0 Å². The van der Waals surface area contributed by atoms with E-state index >= 15 is 0 Å². The Bertz CT molecular complexity index is 80.5. The Morgan fingerprint density at radius 3 is 1.62 bits per heavy atom. The van der Waals surface area contributed by atoms with Gasteiger partial charge in [0.1, 0.15) is 0 Å². The lowest BCUT2D eigenvalue weighted by molar-refractivity contribution is 0.399. The number of aromatic nitrogens is 1. The average molecular weight is 111 g/mol. The highest BCUT2D eigenvalue weighted by Crippen LogP contribution is 1.73. The molecule has 0 saturated heterocycles. The quantitative estimate of drug-likeness (QED) is 0.534. The number of rotatable bonds is 0. The Morgan fingerprint density at radius 1 is 1.00 bits per heavy atom. The highest BCUT2D eigenvalue weighted by molar-refractivity contribution is 4.88. The maximum atomic E-state index is 7.00. The lowest BCUT2D eigenvalue weighted by atomic mass is 10.5. The van der Waals surface area contributed by atoms with Gasteiger partial charge in [-0.05, 0) is 12.1 Å². The summed E-state index contributed by atoms with van der Waals surface area (Å²) in [4.78, 5) is 3.78. The molecular weight excluding hydrogens is 102 g/mol. The van der Waals surface area contributed by atoms with E-state index in [1.807, 2.05) is 18.2 Å². The SMILES string of the molecule is CO.c1ccncc1. The first-order valence-corrected chi connectivity index (χ1v) is 2.30. The van der Waals surface area contributed by atoms with E-state index in [2.05, 4.69) is 4.98 Å². The van der Waals surface area contributed by atoms with Crippen molar-refractivity contribution in [2.75, 3.05) is 7.11 Å². The summed E-state index contributed by atoms with van der Waals surface area (Å²) in [6.45, 7) is 0. The lowest BCUT2D eigenvalue weighted by Gasteiger charge is -1.70. The summed E-state index contributed by atoms with van der Waals surface area (Å²) in [5.74, 6) is 0. The van der Waals surface area contributed by atoms with Gasteiger partial charge >= 0.3 is 0 Å². The zero-order valence-electron chi connectivity index (χ0n) is 4.78. The highest BCUT2D eigenvalue weighted by atomic mass is 16.2. The molecule has 44 valence electrons.